The van der Waals surface area contributed by atoms with Crippen LogP contribution in [0.25, 0.3) is 0 Å². The Morgan fingerprint density at radius 1 is 1.47 bits per heavy atom. The fraction of sp³-hybridized carbons (Fsp3) is 0.455. The summed E-state index contributed by atoms with van der Waals surface area (Å²) in [6.07, 6.45) is 0.231. The normalized spacial score (nSPS) is 12.3. The minimum absolute atomic E-state index is 0.273. The quantitative estimate of drug-likeness (QED) is 0.897. The topological polar surface area (TPSA) is 38.7 Å². The fourth-order valence-electron chi connectivity index (χ4n) is 1.09. The zero-order chi connectivity index (χ0) is 11.3. The molecule has 0 saturated carbocycles. The number of ether oxygens (including phenoxy) is 2. The van der Waals surface area contributed by atoms with Gasteiger partial charge < -0.3 is 14.6 Å². The molecule has 0 spiro atoms. The highest BCUT2D eigenvalue weighted by atomic mass is 79.9. The lowest BCUT2D eigenvalue weighted by molar-refractivity contribution is 0.102. The van der Waals surface area contributed by atoms with Crippen molar-refractivity contribution in [1.29, 1.82) is 0 Å². The molecule has 0 radical (unpaired) electrons. The van der Waals surface area contributed by atoms with Crippen LogP contribution >= 0.6 is 15.9 Å². The highest BCUT2D eigenvalue weighted by Gasteiger charge is 2.10. The van der Waals surface area contributed by atoms with Gasteiger partial charge in [0.05, 0.1) is 17.7 Å². The van der Waals surface area contributed by atoms with Crippen LogP contribution in [0.3, 0.4) is 0 Å². The number of rotatable bonds is 5. The molecule has 0 aliphatic heterocycles. The van der Waals surface area contributed by atoms with Crippen molar-refractivity contribution in [3.05, 3.63) is 22.7 Å². The number of para-hydroxylation sites is 1. The lowest BCUT2D eigenvalue weighted by atomic mass is 10.3. The van der Waals surface area contributed by atoms with E-state index < -0.39 is 6.10 Å². The molecule has 1 rings (SSSR count). The molecule has 0 amide bonds. The van der Waals surface area contributed by atoms with E-state index in [4.69, 9.17) is 9.47 Å². The van der Waals surface area contributed by atoms with Gasteiger partial charge in [-0.2, -0.15) is 0 Å². The van der Waals surface area contributed by atoms with Gasteiger partial charge in [-0.25, -0.2) is 0 Å². The Kier molecular flexibility index (Phi) is 4.91. The molecular formula is C11H15BrO3. The van der Waals surface area contributed by atoms with Crippen LogP contribution in [0.4, 0.5) is 0 Å². The van der Waals surface area contributed by atoms with Crippen molar-refractivity contribution in [2.45, 2.75) is 19.4 Å². The second-order valence-corrected chi connectivity index (χ2v) is 4.00. The highest BCUT2D eigenvalue weighted by Crippen LogP contribution is 2.34. The van der Waals surface area contributed by atoms with Gasteiger partial charge in [0, 0.05) is 0 Å². The first-order valence-electron chi connectivity index (χ1n) is 4.82. The van der Waals surface area contributed by atoms with Gasteiger partial charge in [-0.05, 0) is 34.5 Å². The predicted molar refractivity (Wildman–Crippen MR) is 62.5 cm³/mol. The Hall–Kier alpha value is -0.740. The minimum Gasteiger partial charge on any atom is -0.493 e. The summed E-state index contributed by atoms with van der Waals surface area (Å²) < 4.78 is 11.5. The van der Waals surface area contributed by atoms with E-state index in [-0.39, 0.29) is 6.61 Å². The molecule has 3 nitrogen and oxygen atoms in total. The van der Waals surface area contributed by atoms with Crippen LogP contribution in [0.15, 0.2) is 22.7 Å². The standard InChI is InChI=1S/C11H15BrO3/c1-3-8(13)7-15-11-9(12)5-4-6-10(11)14-2/h4-6,8,13H,3,7H2,1-2H3. The fourth-order valence-corrected chi connectivity index (χ4v) is 1.55. The van der Waals surface area contributed by atoms with Crippen molar-refractivity contribution >= 4 is 15.9 Å². The van der Waals surface area contributed by atoms with Gasteiger partial charge in [-0.3, -0.25) is 0 Å². The van der Waals surface area contributed by atoms with Crippen LogP contribution in [0.2, 0.25) is 0 Å². The van der Waals surface area contributed by atoms with E-state index in [9.17, 15) is 5.11 Å². The Bertz CT molecular complexity index is 315. The maximum Gasteiger partial charge on any atom is 0.175 e. The molecule has 0 saturated heterocycles. The summed E-state index contributed by atoms with van der Waals surface area (Å²) in [5.74, 6) is 1.29. The summed E-state index contributed by atoms with van der Waals surface area (Å²) in [5, 5.41) is 9.39. The minimum atomic E-state index is -0.443. The van der Waals surface area contributed by atoms with Crippen LogP contribution in [0.1, 0.15) is 13.3 Å². The summed E-state index contributed by atoms with van der Waals surface area (Å²) in [6, 6.07) is 5.56. The number of hydrogen-bond donors (Lipinski definition) is 1. The maximum atomic E-state index is 9.39. The Labute approximate surface area is 98.1 Å². The van der Waals surface area contributed by atoms with Crippen molar-refractivity contribution in [3.63, 3.8) is 0 Å². The van der Waals surface area contributed by atoms with E-state index in [2.05, 4.69) is 15.9 Å². The molecular weight excluding hydrogens is 260 g/mol. The molecule has 15 heavy (non-hydrogen) atoms. The van der Waals surface area contributed by atoms with E-state index in [1.807, 2.05) is 25.1 Å². The molecule has 1 N–H and O–H groups in total. The van der Waals surface area contributed by atoms with E-state index in [0.717, 1.165) is 4.47 Å². The zero-order valence-electron chi connectivity index (χ0n) is 8.87. The summed E-state index contributed by atoms with van der Waals surface area (Å²) in [5.41, 5.74) is 0. The lowest BCUT2D eigenvalue weighted by Crippen LogP contribution is -2.16. The van der Waals surface area contributed by atoms with E-state index in [0.29, 0.717) is 17.9 Å². The number of methoxy groups -OCH3 is 1. The molecule has 0 fully saturated rings. The molecule has 1 atom stereocenters. The predicted octanol–water partition coefficient (Wildman–Crippen LogP) is 2.61. The molecule has 84 valence electrons. The number of hydrogen-bond acceptors (Lipinski definition) is 3. The van der Waals surface area contributed by atoms with Gasteiger partial charge in [-0.1, -0.05) is 13.0 Å². The Balaban J connectivity index is 2.74. The molecule has 0 bridgehead atoms. The number of aliphatic hydroxyl groups is 1. The van der Waals surface area contributed by atoms with Crippen LogP contribution in [0, 0.1) is 0 Å². The smallest absolute Gasteiger partial charge is 0.175 e. The van der Waals surface area contributed by atoms with Crippen molar-refractivity contribution in [3.8, 4) is 11.5 Å². The molecule has 4 heteroatoms. The SMILES string of the molecule is CCC(O)COc1c(Br)cccc1OC. The second-order valence-electron chi connectivity index (χ2n) is 3.14. The van der Waals surface area contributed by atoms with Crippen LogP contribution in [0.5, 0.6) is 11.5 Å². The molecule has 0 aliphatic carbocycles. The summed E-state index contributed by atoms with van der Waals surface area (Å²) >= 11 is 3.37. The van der Waals surface area contributed by atoms with Crippen molar-refractivity contribution in [1.82, 2.24) is 0 Å². The van der Waals surface area contributed by atoms with Gasteiger partial charge in [0.25, 0.3) is 0 Å². The maximum absolute atomic E-state index is 9.39. The molecule has 1 aromatic carbocycles. The average molecular weight is 275 g/mol. The van der Waals surface area contributed by atoms with Crippen LogP contribution < -0.4 is 9.47 Å². The van der Waals surface area contributed by atoms with E-state index in [1.54, 1.807) is 7.11 Å². The largest absolute Gasteiger partial charge is 0.493 e. The van der Waals surface area contributed by atoms with Crippen molar-refractivity contribution < 1.29 is 14.6 Å². The number of aliphatic hydroxyl groups excluding tert-OH is 1. The second kappa shape index (κ2) is 5.98. The first-order chi connectivity index (χ1) is 7.19. The van der Waals surface area contributed by atoms with E-state index in [1.165, 1.54) is 0 Å². The first kappa shape index (κ1) is 12.3. The highest BCUT2D eigenvalue weighted by molar-refractivity contribution is 9.10. The van der Waals surface area contributed by atoms with Crippen LogP contribution in [-0.4, -0.2) is 24.9 Å². The Morgan fingerprint density at radius 2 is 2.20 bits per heavy atom. The molecule has 1 unspecified atom stereocenters. The number of benzene rings is 1. The first-order valence-corrected chi connectivity index (χ1v) is 5.61. The van der Waals surface area contributed by atoms with Gasteiger partial charge >= 0.3 is 0 Å². The summed E-state index contributed by atoms with van der Waals surface area (Å²) in [4.78, 5) is 0. The van der Waals surface area contributed by atoms with E-state index >= 15 is 0 Å². The third-order valence-electron chi connectivity index (χ3n) is 2.04. The van der Waals surface area contributed by atoms with Crippen molar-refractivity contribution in [2.24, 2.45) is 0 Å². The summed E-state index contributed by atoms with van der Waals surface area (Å²) in [7, 11) is 1.59. The number of halogens is 1. The molecule has 0 aliphatic rings. The lowest BCUT2D eigenvalue weighted by Gasteiger charge is -2.14. The van der Waals surface area contributed by atoms with Gasteiger partial charge in [0.15, 0.2) is 11.5 Å². The van der Waals surface area contributed by atoms with Gasteiger partial charge in [0.1, 0.15) is 6.61 Å². The average Bonchev–Trinajstić information content (AvgIpc) is 2.26. The summed E-state index contributed by atoms with van der Waals surface area (Å²) in [6.45, 7) is 2.18. The molecule has 0 aromatic heterocycles. The molecule has 1 aromatic rings. The third kappa shape index (κ3) is 3.39. The Morgan fingerprint density at radius 3 is 2.80 bits per heavy atom. The van der Waals surface area contributed by atoms with Gasteiger partial charge in [-0.15, -0.1) is 0 Å². The van der Waals surface area contributed by atoms with Crippen LogP contribution in [-0.2, 0) is 0 Å². The monoisotopic (exact) mass is 274 g/mol. The third-order valence-corrected chi connectivity index (χ3v) is 2.67. The van der Waals surface area contributed by atoms with Crippen molar-refractivity contribution in [2.75, 3.05) is 13.7 Å². The zero-order valence-corrected chi connectivity index (χ0v) is 10.5. The van der Waals surface area contributed by atoms with Gasteiger partial charge in [0.2, 0.25) is 0 Å². The molecule has 0 heterocycles.